The highest BCUT2D eigenvalue weighted by Gasteiger charge is 2.32. The SMILES string of the molecule is CC1=C(C(=O)OC(C)C)[C@H](c2cccc(Oc3ccccc3)c2)NC(=O)N1. The average Bonchev–Trinajstić information content (AvgIpc) is 2.61. The van der Waals surface area contributed by atoms with Crippen LogP contribution in [0.5, 0.6) is 11.5 Å². The smallest absolute Gasteiger partial charge is 0.338 e. The monoisotopic (exact) mass is 366 g/mol. The van der Waals surface area contributed by atoms with Crippen LogP contribution in [0.1, 0.15) is 32.4 Å². The van der Waals surface area contributed by atoms with Gasteiger partial charge in [-0.1, -0.05) is 30.3 Å². The summed E-state index contributed by atoms with van der Waals surface area (Å²) in [6.07, 6.45) is -0.260. The van der Waals surface area contributed by atoms with Crippen LogP contribution in [0.15, 0.2) is 65.9 Å². The number of amides is 2. The standard InChI is InChI=1S/C21H22N2O4/c1-13(2)26-20(24)18-14(3)22-21(25)23-19(18)15-8-7-11-17(12-15)27-16-9-5-4-6-10-16/h4-13,19H,1-3H3,(H2,22,23,25)/t19-/m0/s1. The molecule has 1 aliphatic heterocycles. The molecule has 0 unspecified atom stereocenters. The molecule has 140 valence electrons. The highest BCUT2D eigenvalue weighted by Crippen LogP contribution is 2.31. The number of hydrogen-bond donors (Lipinski definition) is 2. The number of nitrogens with one attached hydrogen (secondary N) is 2. The van der Waals surface area contributed by atoms with E-state index in [1.807, 2.05) is 48.5 Å². The Labute approximate surface area is 158 Å². The van der Waals surface area contributed by atoms with Crippen molar-refractivity contribution in [1.82, 2.24) is 10.6 Å². The van der Waals surface area contributed by atoms with Crippen molar-refractivity contribution in [2.45, 2.75) is 32.9 Å². The molecule has 0 saturated carbocycles. The maximum absolute atomic E-state index is 12.6. The quantitative estimate of drug-likeness (QED) is 0.783. The molecule has 2 amide bonds. The highest BCUT2D eigenvalue weighted by molar-refractivity contribution is 5.95. The summed E-state index contributed by atoms with van der Waals surface area (Å²) in [4.78, 5) is 24.6. The first kappa shape index (κ1) is 18.5. The Bertz CT molecular complexity index is 875. The zero-order valence-corrected chi connectivity index (χ0v) is 15.5. The molecule has 6 nitrogen and oxygen atoms in total. The lowest BCUT2D eigenvalue weighted by Gasteiger charge is -2.28. The first-order chi connectivity index (χ1) is 12.9. The van der Waals surface area contributed by atoms with Crippen LogP contribution < -0.4 is 15.4 Å². The molecule has 0 fully saturated rings. The summed E-state index contributed by atoms with van der Waals surface area (Å²) >= 11 is 0. The van der Waals surface area contributed by atoms with E-state index in [2.05, 4.69) is 10.6 Å². The van der Waals surface area contributed by atoms with Gasteiger partial charge in [-0.3, -0.25) is 0 Å². The molecule has 0 aliphatic carbocycles. The molecule has 2 aromatic carbocycles. The fourth-order valence-corrected chi connectivity index (χ4v) is 2.87. The van der Waals surface area contributed by atoms with Crippen molar-refractivity contribution >= 4 is 12.0 Å². The predicted molar refractivity (Wildman–Crippen MR) is 101 cm³/mol. The summed E-state index contributed by atoms with van der Waals surface area (Å²) < 4.78 is 11.2. The number of carbonyl (C=O) groups is 2. The number of carbonyl (C=O) groups excluding carboxylic acids is 2. The Balaban J connectivity index is 1.92. The normalized spacial score (nSPS) is 16.6. The third-order valence-electron chi connectivity index (χ3n) is 4.00. The van der Waals surface area contributed by atoms with E-state index >= 15 is 0 Å². The lowest BCUT2D eigenvalue weighted by molar-refractivity contribution is -0.143. The molecule has 0 saturated heterocycles. The maximum atomic E-state index is 12.6. The van der Waals surface area contributed by atoms with Gasteiger partial charge in [0, 0.05) is 5.70 Å². The van der Waals surface area contributed by atoms with Crippen LogP contribution in [0, 0.1) is 0 Å². The van der Waals surface area contributed by atoms with Gasteiger partial charge in [-0.2, -0.15) is 0 Å². The molecule has 6 heteroatoms. The predicted octanol–water partition coefficient (Wildman–Crippen LogP) is 4.06. The van der Waals surface area contributed by atoms with Gasteiger partial charge in [0.15, 0.2) is 0 Å². The Morgan fingerprint density at radius 1 is 1.04 bits per heavy atom. The Kier molecular flexibility index (Phi) is 5.45. The lowest BCUT2D eigenvalue weighted by atomic mass is 9.95. The highest BCUT2D eigenvalue weighted by atomic mass is 16.5. The van der Waals surface area contributed by atoms with Crippen molar-refractivity contribution < 1.29 is 19.1 Å². The van der Waals surface area contributed by atoms with Gasteiger partial charge in [0.1, 0.15) is 11.5 Å². The summed E-state index contributed by atoms with van der Waals surface area (Å²) in [6.45, 7) is 5.25. The first-order valence-corrected chi connectivity index (χ1v) is 8.76. The minimum absolute atomic E-state index is 0.260. The summed E-state index contributed by atoms with van der Waals surface area (Å²) in [5, 5.41) is 5.43. The van der Waals surface area contributed by atoms with Crippen LogP contribution in [0.4, 0.5) is 4.79 Å². The van der Waals surface area contributed by atoms with Crippen LogP contribution >= 0.6 is 0 Å². The van der Waals surface area contributed by atoms with E-state index in [1.54, 1.807) is 26.8 Å². The van der Waals surface area contributed by atoms with Crippen LogP contribution in [-0.2, 0) is 9.53 Å². The van der Waals surface area contributed by atoms with Gasteiger partial charge in [-0.25, -0.2) is 9.59 Å². The molecule has 27 heavy (non-hydrogen) atoms. The fourth-order valence-electron chi connectivity index (χ4n) is 2.87. The summed E-state index contributed by atoms with van der Waals surface area (Å²) in [6, 6.07) is 15.7. The molecule has 2 aromatic rings. The molecule has 1 aliphatic rings. The van der Waals surface area contributed by atoms with E-state index < -0.39 is 12.0 Å². The topological polar surface area (TPSA) is 76.7 Å². The van der Waals surface area contributed by atoms with Crippen molar-refractivity contribution in [2.24, 2.45) is 0 Å². The summed E-state index contributed by atoms with van der Waals surface area (Å²) in [7, 11) is 0. The Morgan fingerprint density at radius 2 is 1.74 bits per heavy atom. The van der Waals surface area contributed by atoms with Crippen molar-refractivity contribution in [1.29, 1.82) is 0 Å². The van der Waals surface area contributed by atoms with Crippen molar-refractivity contribution in [3.05, 3.63) is 71.4 Å². The molecule has 2 N–H and O–H groups in total. The Hall–Kier alpha value is -3.28. The van der Waals surface area contributed by atoms with Gasteiger partial charge >= 0.3 is 12.0 Å². The molecular formula is C21H22N2O4. The van der Waals surface area contributed by atoms with Gasteiger partial charge in [-0.15, -0.1) is 0 Å². The maximum Gasteiger partial charge on any atom is 0.338 e. The zero-order chi connectivity index (χ0) is 19.4. The van der Waals surface area contributed by atoms with Gasteiger partial charge in [-0.05, 0) is 50.6 Å². The molecule has 3 rings (SSSR count). The number of allylic oxidation sites excluding steroid dienone is 1. The van der Waals surface area contributed by atoms with Gasteiger partial charge in [0.05, 0.1) is 17.7 Å². The van der Waals surface area contributed by atoms with Crippen LogP contribution in [0.3, 0.4) is 0 Å². The molecular weight excluding hydrogens is 344 g/mol. The molecule has 1 heterocycles. The number of urea groups is 1. The van der Waals surface area contributed by atoms with E-state index in [0.29, 0.717) is 22.8 Å². The number of hydrogen-bond acceptors (Lipinski definition) is 4. The van der Waals surface area contributed by atoms with Gasteiger partial charge < -0.3 is 20.1 Å². The van der Waals surface area contributed by atoms with Crippen LogP contribution in [0.25, 0.3) is 0 Å². The number of para-hydroxylation sites is 1. The summed E-state index contributed by atoms with van der Waals surface area (Å²) in [5.74, 6) is 0.852. The second-order valence-electron chi connectivity index (χ2n) is 6.51. The number of rotatable bonds is 5. The van der Waals surface area contributed by atoms with Gasteiger partial charge in [0.2, 0.25) is 0 Å². The minimum atomic E-state index is -0.621. The fraction of sp³-hybridized carbons (Fsp3) is 0.238. The largest absolute Gasteiger partial charge is 0.459 e. The summed E-state index contributed by atoms with van der Waals surface area (Å²) in [5.41, 5.74) is 1.58. The molecule has 0 radical (unpaired) electrons. The van der Waals surface area contributed by atoms with Crippen LogP contribution in [0.2, 0.25) is 0 Å². The third-order valence-corrected chi connectivity index (χ3v) is 4.00. The second kappa shape index (κ2) is 7.95. The molecule has 1 atom stereocenters. The molecule has 0 spiro atoms. The molecule has 0 bridgehead atoms. The van der Waals surface area contributed by atoms with E-state index in [9.17, 15) is 9.59 Å². The van der Waals surface area contributed by atoms with E-state index in [-0.39, 0.29) is 12.1 Å². The number of esters is 1. The van der Waals surface area contributed by atoms with Gasteiger partial charge in [0.25, 0.3) is 0 Å². The molecule has 0 aromatic heterocycles. The third kappa shape index (κ3) is 4.47. The van der Waals surface area contributed by atoms with Crippen molar-refractivity contribution in [2.75, 3.05) is 0 Å². The van der Waals surface area contributed by atoms with E-state index in [0.717, 1.165) is 5.56 Å². The second-order valence-corrected chi connectivity index (χ2v) is 6.51. The first-order valence-electron chi connectivity index (χ1n) is 8.76. The zero-order valence-electron chi connectivity index (χ0n) is 15.5. The lowest BCUT2D eigenvalue weighted by Crippen LogP contribution is -2.45. The van der Waals surface area contributed by atoms with Crippen molar-refractivity contribution in [3.8, 4) is 11.5 Å². The number of benzene rings is 2. The van der Waals surface area contributed by atoms with Crippen LogP contribution in [-0.4, -0.2) is 18.1 Å². The number of ether oxygens (including phenoxy) is 2. The Morgan fingerprint density at radius 3 is 2.44 bits per heavy atom. The minimum Gasteiger partial charge on any atom is -0.459 e. The van der Waals surface area contributed by atoms with E-state index in [4.69, 9.17) is 9.47 Å². The average molecular weight is 366 g/mol. The van der Waals surface area contributed by atoms with Crippen molar-refractivity contribution in [3.63, 3.8) is 0 Å². The van der Waals surface area contributed by atoms with E-state index in [1.165, 1.54) is 0 Å².